The molecule has 3 aromatic carbocycles. The van der Waals surface area contributed by atoms with Crippen molar-refractivity contribution in [2.45, 2.75) is 26.4 Å². The number of anilines is 1. The van der Waals surface area contributed by atoms with E-state index in [0.717, 1.165) is 5.69 Å². The minimum Gasteiger partial charge on any atom is -0.457 e. The van der Waals surface area contributed by atoms with Gasteiger partial charge in [0.15, 0.2) is 0 Å². The van der Waals surface area contributed by atoms with E-state index in [2.05, 4.69) is 10.4 Å². The number of para-hydroxylation sites is 1. The predicted octanol–water partition coefficient (Wildman–Crippen LogP) is 5.80. The third-order valence-corrected chi connectivity index (χ3v) is 4.68. The van der Waals surface area contributed by atoms with Crippen LogP contribution in [-0.2, 0) is 9.78 Å². The zero-order chi connectivity index (χ0) is 24.8. The molecule has 0 spiro atoms. The third-order valence-electron chi connectivity index (χ3n) is 4.68. The average molecular weight is 472 g/mol. The van der Waals surface area contributed by atoms with E-state index in [1.54, 1.807) is 86.4 Å². The molecule has 0 radical (unpaired) electrons. The molecular weight excluding hydrogens is 446 g/mol. The molecule has 0 bridgehead atoms. The van der Waals surface area contributed by atoms with Crippen molar-refractivity contribution in [3.05, 3.63) is 102 Å². The van der Waals surface area contributed by atoms with Crippen LogP contribution < -0.4 is 10.1 Å². The molecular formula is C27H25N3O5. The largest absolute Gasteiger partial charge is 0.457 e. The van der Waals surface area contributed by atoms with Crippen LogP contribution in [-0.4, -0.2) is 27.3 Å². The summed E-state index contributed by atoms with van der Waals surface area (Å²) < 4.78 is 7.53. The van der Waals surface area contributed by atoms with E-state index >= 15 is 0 Å². The third kappa shape index (κ3) is 6.33. The lowest BCUT2D eigenvalue weighted by molar-refractivity contribution is -0.301. The lowest BCUT2D eigenvalue weighted by Gasteiger charge is -2.18. The minimum absolute atomic E-state index is 0.117. The topological polar surface area (TPSA) is 91.7 Å². The van der Waals surface area contributed by atoms with Gasteiger partial charge in [-0.3, -0.25) is 9.68 Å². The Balaban J connectivity index is 1.62. The van der Waals surface area contributed by atoms with E-state index in [0.29, 0.717) is 17.1 Å². The van der Waals surface area contributed by atoms with Crippen molar-refractivity contribution in [3.8, 4) is 17.2 Å². The maximum absolute atomic E-state index is 13.1. The highest BCUT2D eigenvalue weighted by Crippen LogP contribution is 2.28. The van der Waals surface area contributed by atoms with Gasteiger partial charge in [-0.1, -0.05) is 24.3 Å². The minimum atomic E-state index is -0.744. The summed E-state index contributed by atoms with van der Waals surface area (Å²) in [5.41, 5.74) is 0.754. The summed E-state index contributed by atoms with van der Waals surface area (Å²) in [5, 5.41) is 6.99. The molecule has 0 aliphatic rings. The first kappa shape index (κ1) is 23.7. The summed E-state index contributed by atoms with van der Waals surface area (Å²) in [6, 6.07) is 22.6. The van der Waals surface area contributed by atoms with Crippen LogP contribution >= 0.6 is 0 Å². The number of hydrogen-bond donors (Lipinski definition) is 1. The molecule has 0 unspecified atom stereocenters. The quantitative estimate of drug-likeness (QED) is 0.270. The Bertz CT molecular complexity index is 1310. The van der Waals surface area contributed by atoms with Crippen molar-refractivity contribution in [2.75, 3.05) is 5.32 Å². The Morgan fingerprint density at radius 3 is 2.40 bits per heavy atom. The normalized spacial score (nSPS) is 11.1. The van der Waals surface area contributed by atoms with Crippen molar-refractivity contribution in [3.63, 3.8) is 0 Å². The first-order chi connectivity index (χ1) is 16.8. The number of carbonyl (C=O) groups is 2. The Morgan fingerprint density at radius 1 is 0.886 bits per heavy atom. The monoisotopic (exact) mass is 471 g/mol. The van der Waals surface area contributed by atoms with E-state index in [1.165, 1.54) is 6.07 Å². The highest BCUT2D eigenvalue weighted by Gasteiger charge is 2.21. The smallest absolute Gasteiger partial charge is 0.375 e. The molecule has 1 amide bonds. The fourth-order valence-corrected chi connectivity index (χ4v) is 3.11. The van der Waals surface area contributed by atoms with E-state index in [1.807, 2.05) is 24.3 Å². The molecule has 4 aromatic rings. The number of amides is 1. The van der Waals surface area contributed by atoms with Gasteiger partial charge in [-0.15, -0.1) is 0 Å². The van der Waals surface area contributed by atoms with E-state index in [9.17, 15) is 9.59 Å². The van der Waals surface area contributed by atoms with Crippen LogP contribution in [0.5, 0.6) is 11.5 Å². The van der Waals surface area contributed by atoms with Crippen LogP contribution in [0.1, 0.15) is 41.5 Å². The number of benzene rings is 3. The van der Waals surface area contributed by atoms with Gasteiger partial charge >= 0.3 is 5.97 Å². The molecule has 1 N–H and O–H groups in total. The second-order valence-electron chi connectivity index (χ2n) is 8.64. The summed E-state index contributed by atoms with van der Waals surface area (Å²) in [6.07, 6.45) is 3.44. The zero-order valence-corrected chi connectivity index (χ0v) is 19.6. The Labute approximate surface area is 203 Å². The van der Waals surface area contributed by atoms with Crippen molar-refractivity contribution in [2.24, 2.45) is 0 Å². The van der Waals surface area contributed by atoms with Crippen LogP contribution in [0.15, 0.2) is 91.3 Å². The van der Waals surface area contributed by atoms with Gasteiger partial charge in [0.25, 0.3) is 5.91 Å². The molecule has 0 saturated heterocycles. The lowest BCUT2D eigenvalue weighted by atomic mass is 10.1. The fraction of sp³-hybridized carbons (Fsp3) is 0.148. The van der Waals surface area contributed by atoms with Crippen LogP contribution in [0, 0.1) is 0 Å². The van der Waals surface area contributed by atoms with Gasteiger partial charge < -0.3 is 10.1 Å². The van der Waals surface area contributed by atoms with Crippen LogP contribution in [0.3, 0.4) is 0 Å². The van der Waals surface area contributed by atoms with E-state index in [-0.39, 0.29) is 11.3 Å². The second kappa shape index (κ2) is 10.2. The molecule has 0 aliphatic carbocycles. The Morgan fingerprint density at radius 2 is 1.69 bits per heavy atom. The number of rotatable bonds is 7. The highest BCUT2D eigenvalue weighted by molar-refractivity contribution is 6.08. The van der Waals surface area contributed by atoms with E-state index in [4.69, 9.17) is 14.5 Å². The predicted molar refractivity (Wildman–Crippen MR) is 131 cm³/mol. The van der Waals surface area contributed by atoms with Gasteiger partial charge in [-0.2, -0.15) is 9.99 Å². The van der Waals surface area contributed by atoms with Gasteiger partial charge in [0, 0.05) is 24.0 Å². The maximum atomic E-state index is 13.1. The summed E-state index contributed by atoms with van der Waals surface area (Å²) in [7, 11) is 0. The lowest BCUT2D eigenvalue weighted by Crippen LogP contribution is -2.23. The molecule has 4 rings (SSSR count). The number of hydrogen-bond acceptors (Lipinski definition) is 6. The van der Waals surface area contributed by atoms with Crippen LogP contribution in [0.25, 0.3) is 5.69 Å². The standard InChI is InChI=1S/C27H25N3O5/c1-27(2,3)35-34-26(32)23-14-13-22(33-21-11-5-4-6-12-21)18-24(23)29-25(31)19-9-7-10-20(17-19)30-16-8-15-28-30/h4-18H,1-3H3,(H,29,31). The first-order valence-electron chi connectivity index (χ1n) is 11.0. The molecule has 8 heteroatoms. The second-order valence-corrected chi connectivity index (χ2v) is 8.64. The molecule has 178 valence electrons. The first-order valence-corrected chi connectivity index (χ1v) is 11.0. The number of aromatic nitrogens is 2. The van der Waals surface area contributed by atoms with E-state index < -0.39 is 17.5 Å². The van der Waals surface area contributed by atoms with Crippen molar-refractivity contribution in [1.29, 1.82) is 0 Å². The molecule has 0 fully saturated rings. The Hall–Kier alpha value is -4.43. The highest BCUT2D eigenvalue weighted by atomic mass is 17.2. The van der Waals surface area contributed by atoms with Gasteiger partial charge in [-0.05, 0) is 69.3 Å². The average Bonchev–Trinajstić information content (AvgIpc) is 3.38. The molecule has 35 heavy (non-hydrogen) atoms. The molecule has 0 aliphatic heterocycles. The van der Waals surface area contributed by atoms with Crippen LogP contribution in [0.2, 0.25) is 0 Å². The number of nitrogens with zero attached hydrogens (tertiary/aromatic N) is 2. The van der Waals surface area contributed by atoms with Crippen molar-refractivity contribution in [1.82, 2.24) is 9.78 Å². The molecule has 0 atom stereocenters. The summed E-state index contributed by atoms with van der Waals surface area (Å²) >= 11 is 0. The number of ether oxygens (including phenoxy) is 1. The SMILES string of the molecule is CC(C)(C)OOC(=O)c1ccc(Oc2ccccc2)cc1NC(=O)c1cccc(-n2cccn2)c1. The molecule has 0 saturated carbocycles. The van der Waals surface area contributed by atoms with Gasteiger partial charge in [0.1, 0.15) is 17.1 Å². The number of nitrogens with one attached hydrogen (secondary N) is 1. The summed E-state index contributed by atoms with van der Waals surface area (Å²) in [5.74, 6) is -0.110. The van der Waals surface area contributed by atoms with Crippen LogP contribution in [0.4, 0.5) is 5.69 Å². The van der Waals surface area contributed by atoms with Gasteiger partial charge in [0.2, 0.25) is 0 Å². The van der Waals surface area contributed by atoms with Crippen molar-refractivity contribution >= 4 is 17.6 Å². The Kier molecular flexibility index (Phi) is 6.93. The van der Waals surface area contributed by atoms with Crippen molar-refractivity contribution < 1.29 is 24.1 Å². The number of carbonyl (C=O) groups excluding carboxylic acids is 2. The molecule has 8 nitrogen and oxygen atoms in total. The molecule has 1 heterocycles. The van der Waals surface area contributed by atoms with Gasteiger partial charge in [0.05, 0.1) is 16.9 Å². The maximum Gasteiger partial charge on any atom is 0.375 e. The summed E-state index contributed by atoms with van der Waals surface area (Å²) in [6.45, 7) is 5.27. The fourth-order valence-electron chi connectivity index (χ4n) is 3.11. The molecule has 1 aromatic heterocycles. The zero-order valence-electron chi connectivity index (χ0n) is 19.6. The summed E-state index contributed by atoms with van der Waals surface area (Å²) in [4.78, 5) is 36.1. The van der Waals surface area contributed by atoms with Gasteiger partial charge in [-0.25, -0.2) is 9.48 Å².